The van der Waals surface area contributed by atoms with Crippen LogP contribution in [0.5, 0.6) is 0 Å². The first-order valence-electron chi connectivity index (χ1n) is 9.33. The van der Waals surface area contributed by atoms with Gasteiger partial charge in [-0.25, -0.2) is 4.98 Å². The Balaban J connectivity index is 1.66. The summed E-state index contributed by atoms with van der Waals surface area (Å²) in [4.78, 5) is 30.6. The van der Waals surface area contributed by atoms with Crippen LogP contribution in [-0.2, 0) is 11.3 Å². The highest BCUT2D eigenvalue weighted by molar-refractivity contribution is 7.17. The van der Waals surface area contributed by atoms with Gasteiger partial charge in [0.25, 0.3) is 5.56 Å². The van der Waals surface area contributed by atoms with Crippen molar-refractivity contribution in [3.05, 3.63) is 81.2 Å². The van der Waals surface area contributed by atoms with Crippen molar-refractivity contribution in [3.8, 4) is 11.1 Å². The fourth-order valence-electron chi connectivity index (χ4n) is 3.19. The van der Waals surface area contributed by atoms with Gasteiger partial charge in [-0.15, -0.1) is 11.3 Å². The van der Waals surface area contributed by atoms with Crippen LogP contribution in [0.4, 0.5) is 5.69 Å². The number of nitrogens with zero attached hydrogens (tertiary/aromatic N) is 2. The van der Waals surface area contributed by atoms with Crippen LogP contribution in [0.1, 0.15) is 16.7 Å². The molecule has 0 atom stereocenters. The number of carbonyl (C=O) groups is 1. The van der Waals surface area contributed by atoms with Gasteiger partial charge in [-0.3, -0.25) is 14.2 Å². The van der Waals surface area contributed by atoms with E-state index in [-0.39, 0.29) is 18.0 Å². The molecular formula is C23H21N3O2S. The van der Waals surface area contributed by atoms with E-state index in [1.165, 1.54) is 33.4 Å². The predicted octanol–water partition coefficient (Wildman–Crippen LogP) is 4.69. The Bertz CT molecular complexity index is 1270. The maximum absolute atomic E-state index is 13.1. The minimum absolute atomic E-state index is 0.0855. The van der Waals surface area contributed by atoms with Crippen LogP contribution in [0, 0.1) is 20.8 Å². The van der Waals surface area contributed by atoms with Crippen molar-refractivity contribution in [1.82, 2.24) is 9.55 Å². The van der Waals surface area contributed by atoms with Crippen molar-refractivity contribution < 1.29 is 4.79 Å². The molecule has 2 aromatic heterocycles. The maximum atomic E-state index is 13.1. The minimum Gasteiger partial charge on any atom is -0.325 e. The van der Waals surface area contributed by atoms with E-state index in [1.54, 1.807) is 0 Å². The van der Waals surface area contributed by atoms with Crippen LogP contribution in [0.3, 0.4) is 0 Å². The van der Waals surface area contributed by atoms with Crippen LogP contribution in [0.15, 0.2) is 59.0 Å². The molecule has 0 radical (unpaired) electrons. The summed E-state index contributed by atoms with van der Waals surface area (Å²) >= 11 is 1.44. The Kier molecular flexibility index (Phi) is 5.03. The Labute approximate surface area is 172 Å². The quantitative estimate of drug-likeness (QED) is 0.538. The lowest BCUT2D eigenvalue weighted by Gasteiger charge is -2.08. The average molecular weight is 404 g/mol. The van der Waals surface area contributed by atoms with Gasteiger partial charge in [-0.1, -0.05) is 35.9 Å². The summed E-state index contributed by atoms with van der Waals surface area (Å²) in [5.41, 5.74) is 5.84. The molecule has 0 bridgehead atoms. The molecule has 0 spiro atoms. The zero-order chi connectivity index (χ0) is 20.5. The summed E-state index contributed by atoms with van der Waals surface area (Å²) in [5, 5.41) is 5.34. The average Bonchev–Trinajstić information content (AvgIpc) is 3.13. The highest BCUT2D eigenvalue weighted by Crippen LogP contribution is 2.31. The monoisotopic (exact) mass is 403 g/mol. The summed E-state index contributed by atoms with van der Waals surface area (Å²) in [5.74, 6) is -0.264. The lowest BCUT2D eigenvalue weighted by molar-refractivity contribution is -0.116. The zero-order valence-corrected chi connectivity index (χ0v) is 17.3. The molecule has 0 aliphatic heterocycles. The summed E-state index contributed by atoms with van der Waals surface area (Å²) in [6.45, 7) is 6.02. The fraction of sp³-hybridized carbons (Fsp3) is 0.174. The second-order valence-corrected chi connectivity index (χ2v) is 8.08. The molecule has 1 N–H and O–H groups in total. The maximum Gasteiger partial charge on any atom is 0.263 e. The third-order valence-corrected chi connectivity index (χ3v) is 5.91. The second kappa shape index (κ2) is 7.64. The van der Waals surface area contributed by atoms with E-state index in [4.69, 9.17) is 0 Å². The van der Waals surface area contributed by atoms with Crippen molar-refractivity contribution in [2.24, 2.45) is 0 Å². The van der Waals surface area contributed by atoms with E-state index in [9.17, 15) is 9.59 Å². The first kappa shape index (κ1) is 19.1. The Morgan fingerprint density at radius 2 is 1.83 bits per heavy atom. The number of thiophene rings is 1. The number of anilines is 1. The lowest BCUT2D eigenvalue weighted by Crippen LogP contribution is -2.27. The number of aryl methyl sites for hydroxylation is 3. The SMILES string of the molecule is Cc1ccc(NC(=O)Cn2cnc3scc(-c4ccc(C)c(C)c4)c3c2=O)cc1. The zero-order valence-electron chi connectivity index (χ0n) is 16.5. The molecular weight excluding hydrogens is 382 g/mol. The molecule has 5 nitrogen and oxygen atoms in total. The van der Waals surface area contributed by atoms with E-state index < -0.39 is 0 Å². The van der Waals surface area contributed by atoms with E-state index >= 15 is 0 Å². The van der Waals surface area contributed by atoms with Crippen molar-refractivity contribution >= 4 is 33.1 Å². The number of amides is 1. The summed E-state index contributed by atoms with van der Waals surface area (Å²) in [6, 6.07) is 13.7. The summed E-state index contributed by atoms with van der Waals surface area (Å²) in [7, 11) is 0. The molecule has 4 rings (SSSR count). The van der Waals surface area contributed by atoms with Crippen LogP contribution in [0.25, 0.3) is 21.3 Å². The molecule has 0 unspecified atom stereocenters. The molecule has 6 heteroatoms. The van der Waals surface area contributed by atoms with Gasteiger partial charge < -0.3 is 5.32 Å². The molecule has 0 aliphatic rings. The molecule has 0 saturated carbocycles. The van der Waals surface area contributed by atoms with Gasteiger partial charge in [-0.05, 0) is 49.6 Å². The van der Waals surface area contributed by atoms with Gasteiger partial charge in [0.05, 0.1) is 11.7 Å². The number of aromatic nitrogens is 2. The smallest absolute Gasteiger partial charge is 0.263 e. The summed E-state index contributed by atoms with van der Waals surface area (Å²) in [6.07, 6.45) is 1.44. The number of hydrogen-bond donors (Lipinski definition) is 1. The molecule has 0 aliphatic carbocycles. The predicted molar refractivity (Wildman–Crippen MR) is 119 cm³/mol. The van der Waals surface area contributed by atoms with Gasteiger partial charge in [-0.2, -0.15) is 0 Å². The highest BCUT2D eigenvalue weighted by atomic mass is 32.1. The highest BCUT2D eigenvalue weighted by Gasteiger charge is 2.15. The van der Waals surface area contributed by atoms with Gasteiger partial charge >= 0.3 is 0 Å². The molecule has 146 valence electrons. The van der Waals surface area contributed by atoms with E-state index in [2.05, 4.69) is 36.3 Å². The van der Waals surface area contributed by atoms with Crippen molar-refractivity contribution in [2.75, 3.05) is 5.32 Å². The molecule has 2 aromatic carbocycles. The van der Waals surface area contributed by atoms with Crippen molar-refractivity contribution in [1.29, 1.82) is 0 Å². The van der Waals surface area contributed by atoms with Crippen molar-refractivity contribution in [2.45, 2.75) is 27.3 Å². The number of nitrogens with one attached hydrogen (secondary N) is 1. The molecule has 0 fully saturated rings. The van der Waals surface area contributed by atoms with E-state index in [1.807, 2.05) is 42.6 Å². The topological polar surface area (TPSA) is 64.0 Å². The largest absolute Gasteiger partial charge is 0.325 e. The molecule has 2 heterocycles. The van der Waals surface area contributed by atoms with E-state index in [0.29, 0.717) is 15.9 Å². The van der Waals surface area contributed by atoms with Crippen LogP contribution in [-0.4, -0.2) is 15.5 Å². The van der Waals surface area contributed by atoms with Crippen LogP contribution in [0.2, 0.25) is 0 Å². The number of fused-ring (bicyclic) bond motifs is 1. The Morgan fingerprint density at radius 1 is 1.07 bits per heavy atom. The molecule has 4 aromatic rings. The third kappa shape index (κ3) is 3.84. The minimum atomic E-state index is -0.264. The fourth-order valence-corrected chi connectivity index (χ4v) is 4.10. The summed E-state index contributed by atoms with van der Waals surface area (Å²) < 4.78 is 1.36. The molecule has 29 heavy (non-hydrogen) atoms. The van der Waals surface area contributed by atoms with Crippen molar-refractivity contribution in [3.63, 3.8) is 0 Å². The van der Waals surface area contributed by atoms with E-state index in [0.717, 1.165) is 16.7 Å². The number of benzene rings is 2. The third-order valence-electron chi connectivity index (χ3n) is 5.03. The van der Waals surface area contributed by atoms with Gasteiger partial charge in [0.1, 0.15) is 11.4 Å². The number of rotatable bonds is 4. The van der Waals surface area contributed by atoms with Crippen LogP contribution >= 0.6 is 11.3 Å². The van der Waals surface area contributed by atoms with Gasteiger partial charge in [0.2, 0.25) is 5.91 Å². The number of hydrogen-bond acceptors (Lipinski definition) is 4. The Hall–Kier alpha value is -3.25. The Morgan fingerprint density at radius 3 is 2.55 bits per heavy atom. The molecule has 0 saturated heterocycles. The van der Waals surface area contributed by atoms with Gasteiger partial charge in [0, 0.05) is 16.6 Å². The standard InChI is InChI=1S/C23H21N3O2S/c1-14-4-8-18(9-5-14)25-20(27)11-26-13-24-22-21(23(26)28)19(12-29-22)17-7-6-15(2)16(3)10-17/h4-10,12-13H,11H2,1-3H3,(H,25,27). The first-order chi connectivity index (χ1) is 13.9. The second-order valence-electron chi connectivity index (χ2n) is 7.22. The molecule has 1 amide bonds. The van der Waals surface area contributed by atoms with Gasteiger partial charge in [0.15, 0.2) is 0 Å². The lowest BCUT2D eigenvalue weighted by atomic mass is 10.0. The normalized spacial score (nSPS) is 11.0. The first-order valence-corrected chi connectivity index (χ1v) is 10.2. The number of carbonyl (C=O) groups excluding carboxylic acids is 1. The van der Waals surface area contributed by atoms with Crippen LogP contribution < -0.4 is 10.9 Å².